The Labute approximate surface area is 84.1 Å². The third-order valence-corrected chi connectivity index (χ3v) is 1.89. The molecule has 1 amide bonds. The molecule has 0 aliphatic carbocycles. The fourth-order valence-electron chi connectivity index (χ4n) is 0.869. The number of amides is 1. The van der Waals surface area contributed by atoms with Gasteiger partial charge in [-0.15, -0.1) is 0 Å². The largest absolute Gasteiger partial charge is 0.480 e. The molecule has 0 fully saturated rings. The van der Waals surface area contributed by atoms with Gasteiger partial charge < -0.3 is 15.3 Å². The quantitative estimate of drug-likeness (QED) is 0.591. The summed E-state index contributed by atoms with van der Waals surface area (Å²) in [6, 6.07) is -0.551. The van der Waals surface area contributed by atoms with Crippen molar-refractivity contribution in [2.45, 2.75) is 25.8 Å². The van der Waals surface area contributed by atoms with Crippen LogP contribution in [0.25, 0.3) is 0 Å². The van der Waals surface area contributed by atoms with Crippen LogP contribution in [-0.4, -0.2) is 48.6 Å². The van der Waals surface area contributed by atoms with Crippen molar-refractivity contribution < 1.29 is 14.7 Å². The van der Waals surface area contributed by atoms with Crippen LogP contribution in [0.2, 0.25) is 0 Å². The van der Waals surface area contributed by atoms with Crippen LogP contribution in [0.5, 0.6) is 0 Å². The van der Waals surface area contributed by atoms with Crippen molar-refractivity contribution in [3.05, 3.63) is 0 Å². The first-order valence-electron chi connectivity index (χ1n) is 4.61. The summed E-state index contributed by atoms with van der Waals surface area (Å²) in [7, 11) is 3.41. The van der Waals surface area contributed by atoms with Gasteiger partial charge in [0.1, 0.15) is 6.04 Å². The minimum absolute atomic E-state index is 0.0646. The highest BCUT2D eigenvalue weighted by atomic mass is 16.4. The number of hydrogen-bond acceptors (Lipinski definition) is 3. The second kappa shape index (κ2) is 6.37. The van der Waals surface area contributed by atoms with E-state index in [9.17, 15) is 9.59 Å². The van der Waals surface area contributed by atoms with Gasteiger partial charge in [-0.2, -0.15) is 0 Å². The number of carboxylic acid groups (broad SMARTS) is 1. The van der Waals surface area contributed by atoms with Crippen molar-refractivity contribution in [3.63, 3.8) is 0 Å². The molecule has 0 aliphatic rings. The maximum absolute atomic E-state index is 11.1. The normalized spacial score (nSPS) is 12.2. The van der Waals surface area contributed by atoms with Crippen molar-refractivity contribution in [2.24, 2.45) is 0 Å². The van der Waals surface area contributed by atoms with Gasteiger partial charge in [-0.3, -0.25) is 9.59 Å². The molecule has 14 heavy (non-hydrogen) atoms. The highest BCUT2D eigenvalue weighted by Gasteiger charge is 2.09. The number of rotatable bonds is 6. The molecule has 5 nitrogen and oxygen atoms in total. The maximum Gasteiger partial charge on any atom is 0.320 e. The van der Waals surface area contributed by atoms with Crippen LogP contribution < -0.4 is 5.32 Å². The molecule has 0 rings (SSSR count). The predicted molar refractivity (Wildman–Crippen MR) is 53.0 cm³/mol. The number of carboxylic acids is 1. The van der Waals surface area contributed by atoms with Gasteiger partial charge in [0, 0.05) is 20.5 Å². The summed E-state index contributed by atoms with van der Waals surface area (Å²) in [5.41, 5.74) is 0. The lowest BCUT2D eigenvalue weighted by molar-refractivity contribution is -0.138. The highest BCUT2D eigenvalue weighted by Crippen LogP contribution is 1.92. The van der Waals surface area contributed by atoms with E-state index in [4.69, 9.17) is 5.11 Å². The van der Waals surface area contributed by atoms with Crippen molar-refractivity contribution >= 4 is 11.9 Å². The van der Waals surface area contributed by atoms with Gasteiger partial charge in [0.2, 0.25) is 5.91 Å². The van der Waals surface area contributed by atoms with Crippen molar-refractivity contribution in [2.75, 3.05) is 20.6 Å². The third-order valence-electron chi connectivity index (χ3n) is 1.89. The van der Waals surface area contributed by atoms with E-state index >= 15 is 0 Å². The molecule has 0 saturated heterocycles. The molecule has 0 aromatic rings. The molecule has 0 aromatic heterocycles. The average molecular weight is 202 g/mol. The first-order valence-corrected chi connectivity index (χ1v) is 4.61. The number of carbonyl (C=O) groups excluding carboxylic acids is 1. The van der Waals surface area contributed by atoms with E-state index in [0.717, 1.165) is 0 Å². The Hall–Kier alpha value is -1.10. The van der Waals surface area contributed by atoms with Crippen LogP contribution >= 0.6 is 0 Å². The van der Waals surface area contributed by atoms with E-state index in [2.05, 4.69) is 5.32 Å². The lowest BCUT2D eigenvalue weighted by Crippen LogP contribution is -2.34. The summed E-state index contributed by atoms with van der Waals surface area (Å²) in [5, 5.41) is 11.3. The Kier molecular flexibility index (Phi) is 5.87. The molecular weight excluding hydrogens is 184 g/mol. The van der Waals surface area contributed by atoms with E-state index in [-0.39, 0.29) is 5.91 Å². The predicted octanol–water partition coefficient (Wildman–Crippen LogP) is -0.0825. The van der Waals surface area contributed by atoms with Crippen LogP contribution in [-0.2, 0) is 9.59 Å². The second-order valence-electron chi connectivity index (χ2n) is 3.41. The Bertz CT molecular complexity index is 204. The van der Waals surface area contributed by atoms with E-state index < -0.39 is 12.0 Å². The third kappa shape index (κ3) is 5.53. The molecule has 1 unspecified atom stereocenters. The zero-order valence-corrected chi connectivity index (χ0v) is 8.91. The minimum atomic E-state index is -0.871. The van der Waals surface area contributed by atoms with Crippen molar-refractivity contribution in [1.29, 1.82) is 0 Å². The lowest BCUT2D eigenvalue weighted by atomic mass is 10.2. The van der Waals surface area contributed by atoms with Gasteiger partial charge in [-0.25, -0.2) is 0 Å². The smallest absolute Gasteiger partial charge is 0.320 e. The number of hydrogen-bond donors (Lipinski definition) is 2. The topological polar surface area (TPSA) is 69.6 Å². The molecule has 0 radical (unpaired) electrons. The molecule has 0 saturated carbocycles. The Morgan fingerprint density at radius 2 is 2.00 bits per heavy atom. The summed E-state index contributed by atoms with van der Waals surface area (Å²) < 4.78 is 0. The average Bonchev–Trinajstić information content (AvgIpc) is 2.11. The Morgan fingerprint density at radius 3 is 2.43 bits per heavy atom. The van der Waals surface area contributed by atoms with Gasteiger partial charge in [-0.1, -0.05) is 0 Å². The van der Waals surface area contributed by atoms with Crippen molar-refractivity contribution in [1.82, 2.24) is 10.2 Å². The van der Waals surface area contributed by atoms with Gasteiger partial charge in [0.05, 0.1) is 0 Å². The van der Waals surface area contributed by atoms with E-state index in [0.29, 0.717) is 19.4 Å². The second-order valence-corrected chi connectivity index (χ2v) is 3.41. The minimum Gasteiger partial charge on any atom is -0.480 e. The van der Waals surface area contributed by atoms with Crippen LogP contribution in [0.3, 0.4) is 0 Å². The first kappa shape index (κ1) is 12.9. The Balaban J connectivity index is 3.47. The van der Waals surface area contributed by atoms with Crippen LogP contribution in [0.1, 0.15) is 19.8 Å². The summed E-state index contributed by atoms with van der Waals surface area (Å²) in [6.07, 6.45) is 1.11. The molecule has 82 valence electrons. The summed E-state index contributed by atoms with van der Waals surface area (Å²) >= 11 is 0. The van der Waals surface area contributed by atoms with Crippen LogP contribution in [0.15, 0.2) is 0 Å². The highest BCUT2D eigenvalue weighted by molar-refractivity contribution is 5.75. The number of aliphatic carboxylic acids is 1. The number of carbonyl (C=O) groups is 2. The molecular formula is C9H18N2O3. The molecule has 5 heteroatoms. The van der Waals surface area contributed by atoms with E-state index in [1.54, 1.807) is 21.0 Å². The van der Waals surface area contributed by atoms with E-state index in [1.165, 1.54) is 4.90 Å². The van der Waals surface area contributed by atoms with E-state index in [1.807, 2.05) is 0 Å². The van der Waals surface area contributed by atoms with Crippen molar-refractivity contribution in [3.8, 4) is 0 Å². The van der Waals surface area contributed by atoms with Gasteiger partial charge in [-0.05, 0) is 19.9 Å². The fraction of sp³-hybridized carbons (Fsp3) is 0.778. The molecule has 1 atom stereocenters. The molecule has 0 spiro atoms. The number of nitrogens with one attached hydrogen (secondary N) is 1. The molecule has 2 N–H and O–H groups in total. The molecule has 0 aromatic carbocycles. The molecule has 0 aliphatic heterocycles. The molecule has 0 bridgehead atoms. The zero-order chi connectivity index (χ0) is 11.1. The zero-order valence-electron chi connectivity index (χ0n) is 8.91. The summed E-state index contributed by atoms with van der Waals surface area (Å²) in [6.45, 7) is 2.13. The fourth-order valence-corrected chi connectivity index (χ4v) is 0.869. The SMILES string of the molecule is CC(NCCCC(=O)N(C)C)C(=O)O. The molecule has 0 heterocycles. The monoisotopic (exact) mass is 202 g/mol. The van der Waals surface area contributed by atoms with Crippen LogP contribution in [0, 0.1) is 0 Å². The van der Waals surface area contributed by atoms with Gasteiger partial charge >= 0.3 is 5.97 Å². The lowest BCUT2D eigenvalue weighted by Gasteiger charge is -2.11. The van der Waals surface area contributed by atoms with Gasteiger partial charge in [0.15, 0.2) is 0 Å². The van der Waals surface area contributed by atoms with Crippen LogP contribution in [0.4, 0.5) is 0 Å². The first-order chi connectivity index (χ1) is 6.45. The summed E-state index contributed by atoms with van der Waals surface area (Å²) in [4.78, 5) is 23.0. The maximum atomic E-state index is 11.1. The standard InChI is InChI=1S/C9H18N2O3/c1-7(9(13)14)10-6-4-5-8(12)11(2)3/h7,10H,4-6H2,1-3H3,(H,13,14). The Morgan fingerprint density at radius 1 is 1.43 bits per heavy atom. The summed E-state index contributed by atoms with van der Waals surface area (Å²) in [5.74, 6) is -0.807. The van der Waals surface area contributed by atoms with Gasteiger partial charge in [0.25, 0.3) is 0 Å². The number of nitrogens with zero attached hydrogens (tertiary/aromatic N) is 1.